The highest BCUT2D eigenvalue weighted by Gasteiger charge is 2.17. The Kier molecular flexibility index (Phi) is 7.64. The summed E-state index contributed by atoms with van der Waals surface area (Å²) in [4.78, 5) is 11.4. The molecular formula is C16H26IN5. The number of pyridine rings is 1. The second-order valence-electron chi connectivity index (χ2n) is 5.64. The Bertz CT molecular complexity index is 535. The Labute approximate surface area is 150 Å². The topological polar surface area (TPSA) is 66.5 Å². The number of guanidine groups is 1. The molecule has 1 aromatic heterocycles. The number of rotatable bonds is 5. The van der Waals surface area contributed by atoms with Gasteiger partial charge in [-0.15, -0.1) is 24.0 Å². The van der Waals surface area contributed by atoms with Gasteiger partial charge in [-0.25, -0.2) is 9.98 Å². The Morgan fingerprint density at radius 3 is 2.73 bits per heavy atom. The van der Waals surface area contributed by atoms with Crippen LogP contribution in [0.25, 0.3) is 0 Å². The number of nitrogens with two attached hydrogens (primary N) is 1. The molecule has 0 saturated carbocycles. The molecule has 3 N–H and O–H groups in total. The number of aromatic nitrogens is 1. The first kappa shape index (κ1) is 18.7. The van der Waals surface area contributed by atoms with E-state index in [1.807, 2.05) is 19.9 Å². The van der Waals surface area contributed by atoms with E-state index in [2.05, 4.69) is 32.8 Å². The molecule has 0 radical (unpaired) electrons. The van der Waals surface area contributed by atoms with Gasteiger partial charge in [-0.05, 0) is 32.8 Å². The van der Waals surface area contributed by atoms with E-state index >= 15 is 0 Å². The first-order valence-electron chi connectivity index (χ1n) is 7.46. The molecule has 1 aliphatic heterocycles. The van der Waals surface area contributed by atoms with Crippen LogP contribution in [0.3, 0.4) is 0 Å². The maximum Gasteiger partial charge on any atom is 0.189 e. The summed E-state index contributed by atoms with van der Waals surface area (Å²) in [6.45, 7) is 11.2. The van der Waals surface area contributed by atoms with E-state index in [1.54, 1.807) is 0 Å². The van der Waals surface area contributed by atoms with Crippen molar-refractivity contribution in [1.29, 1.82) is 0 Å². The molecular weight excluding hydrogens is 389 g/mol. The van der Waals surface area contributed by atoms with Gasteiger partial charge in [-0.3, -0.25) is 0 Å². The second-order valence-corrected chi connectivity index (χ2v) is 5.64. The number of hydrogen-bond donors (Lipinski definition) is 2. The first-order valence-corrected chi connectivity index (χ1v) is 7.46. The van der Waals surface area contributed by atoms with Gasteiger partial charge < -0.3 is 16.0 Å². The van der Waals surface area contributed by atoms with Crippen LogP contribution in [-0.2, 0) is 6.54 Å². The van der Waals surface area contributed by atoms with Crippen molar-refractivity contribution in [3.8, 4) is 0 Å². The van der Waals surface area contributed by atoms with Gasteiger partial charge in [-0.1, -0.05) is 18.2 Å². The lowest BCUT2D eigenvalue weighted by molar-refractivity contribution is 0.889. The fourth-order valence-corrected chi connectivity index (χ4v) is 2.37. The van der Waals surface area contributed by atoms with Gasteiger partial charge in [-0.2, -0.15) is 0 Å². The summed E-state index contributed by atoms with van der Waals surface area (Å²) in [5.74, 6) is 1.51. The fourth-order valence-electron chi connectivity index (χ4n) is 2.37. The summed E-state index contributed by atoms with van der Waals surface area (Å²) < 4.78 is 0. The lowest BCUT2D eigenvalue weighted by atomic mass is 10.2. The summed E-state index contributed by atoms with van der Waals surface area (Å²) in [6, 6.07) is 4.13. The molecule has 1 fully saturated rings. The fraction of sp³-hybridized carbons (Fsp3) is 0.500. The minimum absolute atomic E-state index is 0. The maximum atomic E-state index is 5.87. The Morgan fingerprint density at radius 2 is 2.09 bits per heavy atom. The van der Waals surface area contributed by atoms with E-state index in [-0.39, 0.29) is 24.0 Å². The van der Waals surface area contributed by atoms with Gasteiger partial charge in [0.15, 0.2) is 5.96 Å². The standard InChI is InChI=1S/C16H25N5.HI/c1-12(2)10-18-16(17)19-11-14-7-6-13(3)20-15(14)21-8-4-5-9-21;/h6-7H,1,4-5,8-11H2,2-3H3,(H3,17,18,19);1H. The van der Waals surface area contributed by atoms with Crippen molar-refractivity contribution in [3.63, 3.8) is 0 Å². The van der Waals surface area contributed by atoms with Crippen LogP contribution in [0.4, 0.5) is 5.82 Å². The predicted molar refractivity (Wildman–Crippen MR) is 104 cm³/mol. The molecule has 22 heavy (non-hydrogen) atoms. The van der Waals surface area contributed by atoms with Crippen molar-refractivity contribution in [2.75, 3.05) is 24.5 Å². The summed E-state index contributed by atoms with van der Waals surface area (Å²) in [5, 5.41) is 3.05. The number of nitrogens with zero attached hydrogens (tertiary/aromatic N) is 3. The number of aliphatic imine (C=N–C) groups is 1. The SMILES string of the molecule is C=C(C)CNC(N)=NCc1ccc(C)nc1N1CCCC1.I. The largest absolute Gasteiger partial charge is 0.370 e. The van der Waals surface area contributed by atoms with Crippen LogP contribution >= 0.6 is 24.0 Å². The van der Waals surface area contributed by atoms with Crippen molar-refractivity contribution < 1.29 is 0 Å². The van der Waals surface area contributed by atoms with Crippen LogP contribution in [-0.4, -0.2) is 30.6 Å². The Balaban J connectivity index is 0.00000242. The van der Waals surface area contributed by atoms with Gasteiger partial charge >= 0.3 is 0 Å². The number of hydrogen-bond acceptors (Lipinski definition) is 3. The molecule has 0 atom stereocenters. The molecule has 5 nitrogen and oxygen atoms in total. The van der Waals surface area contributed by atoms with Gasteiger partial charge in [0.2, 0.25) is 0 Å². The molecule has 0 unspecified atom stereocenters. The monoisotopic (exact) mass is 415 g/mol. The summed E-state index contributed by atoms with van der Waals surface area (Å²) in [5.41, 5.74) is 9.06. The molecule has 122 valence electrons. The van der Waals surface area contributed by atoms with Crippen LogP contribution in [0, 0.1) is 6.92 Å². The quantitative estimate of drug-likeness (QED) is 0.336. The zero-order chi connectivity index (χ0) is 15.2. The van der Waals surface area contributed by atoms with Crippen molar-refractivity contribution in [2.24, 2.45) is 10.7 Å². The highest BCUT2D eigenvalue weighted by molar-refractivity contribution is 14.0. The van der Waals surface area contributed by atoms with E-state index in [0.29, 0.717) is 19.0 Å². The van der Waals surface area contributed by atoms with Crippen LogP contribution in [0.5, 0.6) is 0 Å². The van der Waals surface area contributed by atoms with E-state index in [9.17, 15) is 0 Å². The van der Waals surface area contributed by atoms with E-state index in [0.717, 1.165) is 35.7 Å². The van der Waals surface area contributed by atoms with Gasteiger partial charge in [0.05, 0.1) is 6.54 Å². The predicted octanol–water partition coefficient (Wildman–Crippen LogP) is 2.59. The van der Waals surface area contributed by atoms with Crippen LogP contribution < -0.4 is 16.0 Å². The second kappa shape index (κ2) is 8.97. The lowest BCUT2D eigenvalue weighted by Crippen LogP contribution is -2.32. The minimum Gasteiger partial charge on any atom is -0.370 e. The van der Waals surface area contributed by atoms with Crippen LogP contribution in [0.1, 0.15) is 31.0 Å². The molecule has 2 rings (SSSR count). The number of halogens is 1. The molecule has 0 amide bonds. The number of nitrogens with one attached hydrogen (secondary N) is 1. The average Bonchev–Trinajstić information content (AvgIpc) is 2.97. The number of aryl methyl sites for hydroxylation is 1. The van der Waals surface area contributed by atoms with E-state index in [4.69, 9.17) is 5.73 Å². The molecule has 1 saturated heterocycles. The first-order chi connectivity index (χ1) is 10.1. The summed E-state index contributed by atoms with van der Waals surface area (Å²) >= 11 is 0. The molecule has 0 spiro atoms. The zero-order valence-corrected chi connectivity index (χ0v) is 15.8. The molecule has 0 aromatic carbocycles. The van der Waals surface area contributed by atoms with Crippen molar-refractivity contribution in [3.05, 3.63) is 35.5 Å². The van der Waals surface area contributed by atoms with E-state index < -0.39 is 0 Å². The van der Waals surface area contributed by atoms with Gasteiger partial charge in [0, 0.05) is 30.9 Å². The normalized spacial score (nSPS) is 14.6. The number of anilines is 1. The average molecular weight is 415 g/mol. The third-order valence-corrected chi connectivity index (χ3v) is 3.49. The molecule has 2 heterocycles. The minimum atomic E-state index is 0. The van der Waals surface area contributed by atoms with Gasteiger partial charge in [0.25, 0.3) is 0 Å². The third kappa shape index (κ3) is 5.47. The molecule has 1 aliphatic rings. The van der Waals surface area contributed by atoms with Crippen LogP contribution in [0.2, 0.25) is 0 Å². The van der Waals surface area contributed by atoms with Gasteiger partial charge in [0.1, 0.15) is 5.82 Å². The lowest BCUT2D eigenvalue weighted by Gasteiger charge is -2.20. The molecule has 0 aliphatic carbocycles. The molecule has 6 heteroatoms. The smallest absolute Gasteiger partial charge is 0.189 e. The molecule has 1 aromatic rings. The van der Waals surface area contributed by atoms with Crippen LogP contribution in [0.15, 0.2) is 29.3 Å². The van der Waals surface area contributed by atoms with E-state index in [1.165, 1.54) is 12.8 Å². The Morgan fingerprint density at radius 1 is 1.41 bits per heavy atom. The third-order valence-electron chi connectivity index (χ3n) is 3.49. The van der Waals surface area contributed by atoms with Crippen molar-refractivity contribution in [2.45, 2.75) is 33.2 Å². The highest BCUT2D eigenvalue weighted by Crippen LogP contribution is 2.23. The summed E-state index contributed by atoms with van der Waals surface area (Å²) in [7, 11) is 0. The zero-order valence-electron chi connectivity index (χ0n) is 13.4. The maximum absolute atomic E-state index is 5.87. The van der Waals surface area contributed by atoms with Crippen molar-refractivity contribution in [1.82, 2.24) is 10.3 Å². The molecule has 0 bridgehead atoms. The highest BCUT2D eigenvalue weighted by atomic mass is 127. The Hall–Kier alpha value is -1.31. The van der Waals surface area contributed by atoms with Crippen molar-refractivity contribution >= 4 is 35.8 Å². The summed E-state index contributed by atoms with van der Waals surface area (Å²) in [6.07, 6.45) is 2.47.